The van der Waals surface area contributed by atoms with Crippen LogP contribution in [0.25, 0.3) is 0 Å². The van der Waals surface area contributed by atoms with Crippen molar-refractivity contribution in [2.24, 2.45) is 0 Å². The summed E-state index contributed by atoms with van der Waals surface area (Å²) in [5, 5.41) is 12.7. The Labute approximate surface area is 122 Å². The summed E-state index contributed by atoms with van der Waals surface area (Å²) in [5.41, 5.74) is 1.19. The van der Waals surface area contributed by atoms with E-state index in [0.29, 0.717) is 13.2 Å². The molecule has 2 N–H and O–H groups in total. The predicted molar refractivity (Wildman–Crippen MR) is 82.0 cm³/mol. The monoisotopic (exact) mass is 281 g/mol. The van der Waals surface area contributed by atoms with Gasteiger partial charge in [0.05, 0.1) is 13.2 Å². The zero-order valence-electron chi connectivity index (χ0n) is 13.0. The maximum absolute atomic E-state index is 9.22. The predicted octanol–water partition coefficient (Wildman–Crippen LogP) is 1.41. The largest absolute Gasteiger partial charge is 0.395 e. The molecule has 0 aliphatic heterocycles. The van der Waals surface area contributed by atoms with Crippen molar-refractivity contribution in [2.75, 3.05) is 38.3 Å². The number of nitrogens with zero attached hydrogens (tertiary/aromatic N) is 2. The SMILES string of the molecule is COCCN(CCO)c1ncccc1CNC(C)(C)C. The van der Waals surface area contributed by atoms with Crippen molar-refractivity contribution in [2.45, 2.75) is 32.9 Å². The Morgan fingerprint density at radius 1 is 1.35 bits per heavy atom. The minimum atomic E-state index is 0.0570. The Balaban J connectivity index is 2.84. The standard InChI is InChI=1S/C15H27N3O2/c1-15(2,3)17-12-13-6-5-7-16-14(13)18(8-10-19)9-11-20-4/h5-7,17,19H,8-12H2,1-4H3. The van der Waals surface area contributed by atoms with E-state index in [1.54, 1.807) is 13.3 Å². The fraction of sp³-hybridized carbons (Fsp3) is 0.667. The van der Waals surface area contributed by atoms with E-state index < -0.39 is 0 Å². The lowest BCUT2D eigenvalue weighted by atomic mass is 10.1. The van der Waals surface area contributed by atoms with Gasteiger partial charge < -0.3 is 20.1 Å². The van der Waals surface area contributed by atoms with E-state index in [1.807, 2.05) is 6.07 Å². The first-order chi connectivity index (χ1) is 9.48. The first-order valence-corrected chi connectivity index (χ1v) is 7.01. The molecular weight excluding hydrogens is 254 g/mol. The molecule has 114 valence electrons. The molecule has 0 unspecified atom stereocenters. The van der Waals surface area contributed by atoms with Gasteiger partial charge in [0.25, 0.3) is 0 Å². The number of pyridine rings is 1. The first kappa shape index (κ1) is 16.9. The van der Waals surface area contributed by atoms with Crippen LogP contribution in [-0.2, 0) is 11.3 Å². The van der Waals surface area contributed by atoms with Crippen molar-refractivity contribution in [3.63, 3.8) is 0 Å². The normalized spacial score (nSPS) is 11.7. The quantitative estimate of drug-likeness (QED) is 0.754. The highest BCUT2D eigenvalue weighted by molar-refractivity contribution is 5.46. The number of aromatic nitrogens is 1. The molecule has 0 atom stereocenters. The minimum absolute atomic E-state index is 0.0570. The lowest BCUT2D eigenvalue weighted by Gasteiger charge is -2.26. The van der Waals surface area contributed by atoms with Crippen LogP contribution in [0.3, 0.4) is 0 Å². The molecule has 0 aliphatic rings. The van der Waals surface area contributed by atoms with Gasteiger partial charge in [-0.15, -0.1) is 0 Å². The molecule has 1 heterocycles. The van der Waals surface area contributed by atoms with Crippen molar-refractivity contribution < 1.29 is 9.84 Å². The molecule has 0 saturated heterocycles. The molecule has 1 aromatic rings. The van der Waals surface area contributed by atoms with Crippen molar-refractivity contribution in [3.8, 4) is 0 Å². The maximum atomic E-state index is 9.22. The van der Waals surface area contributed by atoms with Crippen LogP contribution in [0, 0.1) is 0 Å². The highest BCUT2D eigenvalue weighted by Crippen LogP contribution is 2.17. The summed E-state index contributed by atoms with van der Waals surface area (Å²) in [7, 11) is 1.68. The van der Waals surface area contributed by atoms with Crippen LogP contribution in [0.2, 0.25) is 0 Å². The fourth-order valence-electron chi connectivity index (χ4n) is 1.86. The van der Waals surface area contributed by atoms with E-state index in [1.165, 1.54) is 0 Å². The zero-order chi connectivity index (χ0) is 15.0. The van der Waals surface area contributed by atoms with Crippen molar-refractivity contribution >= 4 is 5.82 Å². The van der Waals surface area contributed by atoms with Gasteiger partial charge in [0.2, 0.25) is 0 Å². The van der Waals surface area contributed by atoms with Gasteiger partial charge in [-0.2, -0.15) is 0 Å². The average Bonchev–Trinajstić information content (AvgIpc) is 2.41. The second-order valence-electron chi connectivity index (χ2n) is 5.79. The number of aliphatic hydroxyl groups excluding tert-OH is 1. The Bertz CT molecular complexity index is 391. The topological polar surface area (TPSA) is 57.6 Å². The smallest absolute Gasteiger partial charge is 0.133 e. The van der Waals surface area contributed by atoms with Crippen LogP contribution in [0.4, 0.5) is 5.82 Å². The molecular formula is C15H27N3O2. The molecule has 0 amide bonds. The van der Waals surface area contributed by atoms with E-state index >= 15 is 0 Å². The number of methoxy groups -OCH3 is 1. The second kappa shape index (κ2) is 8.19. The number of rotatable bonds is 8. The zero-order valence-corrected chi connectivity index (χ0v) is 13.0. The van der Waals surface area contributed by atoms with Crippen molar-refractivity contribution in [1.29, 1.82) is 0 Å². The van der Waals surface area contributed by atoms with Crippen LogP contribution in [0.5, 0.6) is 0 Å². The average molecular weight is 281 g/mol. The Morgan fingerprint density at radius 3 is 2.70 bits per heavy atom. The van der Waals surface area contributed by atoms with Crippen LogP contribution in [-0.4, -0.2) is 49.0 Å². The van der Waals surface area contributed by atoms with Gasteiger partial charge in [-0.3, -0.25) is 0 Å². The van der Waals surface area contributed by atoms with E-state index in [9.17, 15) is 5.11 Å². The molecule has 0 saturated carbocycles. The van der Waals surface area contributed by atoms with Crippen LogP contribution in [0.15, 0.2) is 18.3 Å². The van der Waals surface area contributed by atoms with Crippen LogP contribution < -0.4 is 10.2 Å². The van der Waals surface area contributed by atoms with Gasteiger partial charge in [0.1, 0.15) is 5.82 Å². The highest BCUT2D eigenvalue weighted by atomic mass is 16.5. The second-order valence-corrected chi connectivity index (χ2v) is 5.79. The number of hydrogen-bond donors (Lipinski definition) is 2. The van der Waals surface area contributed by atoms with Gasteiger partial charge in [0, 0.05) is 44.0 Å². The number of aliphatic hydroxyl groups is 1. The fourth-order valence-corrected chi connectivity index (χ4v) is 1.86. The van der Waals surface area contributed by atoms with Gasteiger partial charge in [0.15, 0.2) is 0 Å². The van der Waals surface area contributed by atoms with Crippen molar-refractivity contribution in [1.82, 2.24) is 10.3 Å². The number of hydrogen-bond acceptors (Lipinski definition) is 5. The summed E-state index contributed by atoms with van der Waals surface area (Å²) < 4.78 is 5.13. The molecule has 1 aromatic heterocycles. The lowest BCUT2D eigenvalue weighted by Crippen LogP contribution is -2.37. The van der Waals surface area contributed by atoms with Crippen LogP contribution in [0.1, 0.15) is 26.3 Å². The molecule has 0 aromatic carbocycles. The number of nitrogens with one attached hydrogen (secondary N) is 1. The van der Waals surface area contributed by atoms with E-state index in [-0.39, 0.29) is 12.1 Å². The van der Waals surface area contributed by atoms with E-state index in [0.717, 1.165) is 24.5 Å². The molecule has 5 nitrogen and oxygen atoms in total. The number of ether oxygens (including phenoxy) is 1. The summed E-state index contributed by atoms with van der Waals surface area (Å²) >= 11 is 0. The third-order valence-corrected chi connectivity index (χ3v) is 2.91. The molecule has 0 spiro atoms. The third-order valence-electron chi connectivity index (χ3n) is 2.91. The molecule has 5 heteroatoms. The lowest BCUT2D eigenvalue weighted by molar-refractivity contribution is 0.202. The van der Waals surface area contributed by atoms with E-state index in [2.05, 4.69) is 42.0 Å². The maximum Gasteiger partial charge on any atom is 0.133 e. The highest BCUT2D eigenvalue weighted by Gasteiger charge is 2.14. The van der Waals surface area contributed by atoms with Gasteiger partial charge in [-0.25, -0.2) is 4.98 Å². The molecule has 0 aliphatic carbocycles. The Hall–Kier alpha value is -1.17. The molecule has 0 bridgehead atoms. The molecule has 0 fully saturated rings. The van der Waals surface area contributed by atoms with Gasteiger partial charge in [-0.1, -0.05) is 6.07 Å². The summed E-state index contributed by atoms with van der Waals surface area (Å²) in [5.74, 6) is 0.912. The Kier molecular flexibility index (Phi) is 6.91. The van der Waals surface area contributed by atoms with Crippen molar-refractivity contribution in [3.05, 3.63) is 23.9 Å². The summed E-state index contributed by atoms with van der Waals surface area (Å²) in [4.78, 5) is 6.53. The Morgan fingerprint density at radius 2 is 2.10 bits per heavy atom. The van der Waals surface area contributed by atoms with Gasteiger partial charge in [-0.05, 0) is 26.8 Å². The first-order valence-electron chi connectivity index (χ1n) is 7.01. The summed E-state index contributed by atoms with van der Waals surface area (Å²) in [6, 6.07) is 4.01. The van der Waals surface area contributed by atoms with E-state index in [4.69, 9.17) is 4.74 Å². The molecule has 20 heavy (non-hydrogen) atoms. The third kappa shape index (κ3) is 5.86. The van der Waals surface area contributed by atoms with Gasteiger partial charge >= 0.3 is 0 Å². The van der Waals surface area contributed by atoms with Crippen LogP contribution >= 0.6 is 0 Å². The molecule has 0 radical (unpaired) electrons. The number of anilines is 1. The summed E-state index contributed by atoms with van der Waals surface area (Å²) in [6.07, 6.45) is 1.78. The molecule has 1 rings (SSSR count). The minimum Gasteiger partial charge on any atom is -0.395 e. The summed E-state index contributed by atoms with van der Waals surface area (Å²) in [6.45, 7) is 9.16.